The highest BCUT2D eigenvalue weighted by Gasteiger charge is 2.17. The monoisotopic (exact) mass is 535 g/mol. The van der Waals surface area contributed by atoms with Crippen LogP contribution in [0.1, 0.15) is 0 Å². The van der Waals surface area contributed by atoms with E-state index in [-0.39, 0.29) is 0 Å². The van der Waals surface area contributed by atoms with Gasteiger partial charge in [0.25, 0.3) is 0 Å². The lowest BCUT2D eigenvalue weighted by Crippen LogP contribution is -2.01. The van der Waals surface area contributed by atoms with E-state index in [0.29, 0.717) is 17.5 Å². The topological polar surface area (TPSA) is 38.7 Å². The summed E-state index contributed by atoms with van der Waals surface area (Å²) in [6.07, 6.45) is 0. The van der Waals surface area contributed by atoms with Gasteiger partial charge in [-0.2, -0.15) is 0 Å². The van der Waals surface area contributed by atoms with Gasteiger partial charge in [-0.1, -0.05) is 140 Å². The maximum atomic E-state index is 5.13. The van der Waals surface area contributed by atoms with Crippen LogP contribution in [-0.4, -0.2) is 15.0 Å². The Morgan fingerprint density at radius 1 is 0.286 bits per heavy atom. The highest BCUT2D eigenvalue weighted by Crippen LogP contribution is 2.37. The molecule has 0 aliphatic rings. The Hall–Kier alpha value is -5.67. The van der Waals surface area contributed by atoms with Gasteiger partial charge < -0.3 is 0 Å². The summed E-state index contributed by atoms with van der Waals surface area (Å²) in [6, 6.07) is 52.9. The van der Waals surface area contributed by atoms with Crippen LogP contribution in [-0.2, 0) is 0 Å². The Morgan fingerprint density at radius 3 is 1.36 bits per heavy atom. The molecule has 0 N–H and O–H groups in total. The first-order valence-corrected chi connectivity index (χ1v) is 14.1. The molecule has 0 radical (unpaired) electrons. The van der Waals surface area contributed by atoms with Gasteiger partial charge in [0, 0.05) is 22.1 Å². The van der Waals surface area contributed by atoms with Gasteiger partial charge >= 0.3 is 0 Å². The minimum atomic E-state index is 0.656. The molecular weight excluding hydrogens is 510 g/mol. The summed E-state index contributed by atoms with van der Waals surface area (Å²) < 4.78 is 0. The van der Waals surface area contributed by atoms with E-state index < -0.39 is 0 Å². The van der Waals surface area contributed by atoms with Crippen molar-refractivity contribution in [3.63, 3.8) is 0 Å². The molecule has 0 saturated carbocycles. The Morgan fingerprint density at radius 2 is 0.762 bits per heavy atom. The van der Waals surface area contributed by atoms with Gasteiger partial charge in [-0.25, -0.2) is 15.0 Å². The van der Waals surface area contributed by atoms with Gasteiger partial charge in [0.1, 0.15) is 0 Å². The highest BCUT2D eigenvalue weighted by molar-refractivity contribution is 6.05. The van der Waals surface area contributed by atoms with Crippen molar-refractivity contribution in [2.24, 2.45) is 0 Å². The molecular formula is C39H25N3. The van der Waals surface area contributed by atoms with Crippen molar-refractivity contribution in [3.05, 3.63) is 152 Å². The molecule has 0 amide bonds. The summed E-state index contributed by atoms with van der Waals surface area (Å²) in [6.45, 7) is 0. The second-order valence-electron chi connectivity index (χ2n) is 10.5. The lowest BCUT2D eigenvalue weighted by molar-refractivity contribution is 1.08. The summed E-state index contributed by atoms with van der Waals surface area (Å²) in [5.41, 5.74) is 5.22. The maximum Gasteiger partial charge on any atom is 0.164 e. The van der Waals surface area contributed by atoms with E-state index in [1.54, 1.807) is 0 Å². The first-order chi connectivity index (χ1) is 20.8. The Balaban J connectivity index is 1.40. The molecule has 0 aliphatic carbocycles. The van der Waals surface area contributed by atoms with Crippen molar-refractivity contribution in [1.29, 1.82) is 0 Å². The van der Waals surface area contributed by atoms with Crippen LogP contribution in [0.25, 0.3) is 77.6 Å². The van der Waals surface area contributed by atoms with Crippen LogP contribution in [0, 0.1) is 0 Å². The van der Waals surface area contributed by atoms with E-state index in [0.717, 1.165) is 49.4 Å². The molecule has 1 aromatic heterocycles. The molecule has 0 aliphatic heterocycles. The lowest BCUT2D eigenvalue weighted by atomic mass is 9.94. The molecule has 0 spiro atoms. The molecule has 8 rings (SSSR count). The van der Waals surface area contributed by atoms with Crippen LogP contribution in [0.5, 0.6) is 0 Å². The van der Waals surface area contributed by atoms with Gasteiger partial charge in [0.05, 0.1) is 0 Å². The molecule has 0 atom stereocenters. The second-order valence-corrected chi connectivity index (χ2v) is 10.5. The van der Waals surface area contributed by atoms with Crippen LogP contribution in [0.3, 0.4) is 0 Å². The minimum absolute atomic E-state index is 0.656. The van der Waals surface area contributed by atoms with Crippen molar-refractivity contribution < 1.29 is 0 Å². The zero-order valence-corrected chi connectivity index (χ0v) is 22.8. The predicted octanol–water partition coefficient (Wildman–Crippen LogP) is 10.00. The molecule has 1 heterocycles. The van der Waals surface area contributed by atoms with Gasteiger partial charge in [-0.05, 0) is 50.2 Å². The molecule has 3 heteroatoms. The summed E-state index contributed by atoms with van der Waals surface area (Å²) >= 11 is 0. The number of nitrogens with zero attached hydrogens (tertiary/aromatic N) is 3. The Kier molecular flexibility index (Phi) is 5.79. The molecule has 196 valence electrons. The second kappa shape index (κ2) is 10.1. The van der Waals surface area contributed by atoms with Crippen molar-refractivity contribution in [2.45, 2.75) is 0 Å². The predicted molar refractivity (Wildman–Crippen MR) is 174 cm³/mol. The number of benzene rings is 7. The summed E-state index contributed by atoms with van der Waals surface area (Å²) in [7, 11) is 0. The SMILES string of the molecule is c1ccc(-c2cccc3cccc(-c4nc(-c5ccc6ccccc6c5)nc(-c5ccc6ccccc6c5)n4)c23)cc1. The van der Waals surface area contributed by atoms with E-state index in [1.165, 1.54) is 10.8 Å². The third-order valence-corrected chi connectivity index (χ3v) is 7.88. The molecule has 8 aromatic rings. The van der Waals surface area contributed by atoms with Crippen molar-refractivity contribution >= 4 is 32.3 Å². The first-order valence-electron chi connectivity index (χ1n) is 14.1. The van der Waals surface area contributed by atoms with Crippen LogP contribution in [0.2, 0.25) is 0 Å². The quantitative estimate of drug-likeness (QED) is 0.225. The average Bonchev–Trinajstić information content (AvgIpc) is 3.07. The van der Waals surface area contributed by atoms with Crippen LogP contribution in [0.15, 0.2) is 152 Å². The number of hydrogen-bond acceptors (Lipinski definition) is 3. The lowest BCUT2D eigenvalue weighted by Gasteiger charge is -2.14. The van der Waals surface area contributed by atoms with Gasteiger partial charge in [-0.3, -0.25) is 0 Å². The van der Waals surface area contributed by atoms with Gasteiger partial charge in [0.15, 0.2) is 17.5 Å². The van der Waals surface area contributed by atoms with Gasteiger partial charge in [0.2, 0.25) is 0 Å². The summed E-state index contributed by atoms with van der Waals surface area (Å²) in [5.74, 6) is 1.97. The largest absolute Gasteiger partial charge is 0.208 e. The smallest absolute Gasteiger partial charge is 0.164 e. The molecule has 0 bridgehead atoms. The Labute approximate surface area is 243 Å². The fourth-order valence-corrected chi connectivity index (χ4v) is 5.80. The molecule has 7 aromatic carbocycles. The standard InChI is InChI=1S/C39H25N3/c1-2-12-28(13-3-1)34-18-8-16-29-17-9-19-35(36(29)34)39-41-37(32-22-20-26-10-4-6-14-30(26)24-32)40-38(42-39)33-23-21-27-11-5-7-15-31(27)25-33/h1-25H. The normalized spacial score (nSPS) is 11.3. The summed E-state index contributed by atoms with van der Waals surface area (Å²) in [5, 5.41) is 6.96. The number of rotatable bonds is 4. The van der Waals surface area contributed by atoms with Crippen LogP contribution >= 0.6 is 0 Å². The molecule has 3 nitrogen and oxygen atoms in total. The van der Waals surface area contributed by atoms with Crippen LogP contribution in [0.4, 0.5) is 0 Å². The minimum Gasteiger partial charge on any atom is -0.208 e. The maximum absolute atomic E-state index is 5.13. The molecule has 0 fully saturated rings. The van der Waals surface area contributed by atoms with Crippen molar-refractivity contribution in [3.8, 4) is 45.3 Å². The zero-order chi connectivity index (χ0) is 27.9. The van der Waals surface area contributed by atoms with E-state index in [1.807, 2.05) is 6.07 Å². The third-order valence-electron chi connectivity index (χ3n) is 7.88. The van der Waals surface area contributed by atoms with E-state index in [9.17, 15) is 0 Å². The fraction of sp³-hybridized carbons (Fsp3) is 0. The van der Waals surface area contributed by atoms with Crippen molar-refractivity contribution in [2.75, 3.05) is 0 Å². The third kappa shape index (κ3) is 4.29. The molecule has 0 saturated heterocycles. The number of aromatic nitrogens is 3. The fourth-order valence-electron chi connectivity index (χ4n) is 5.80. The molecule has 0 unspecified atom stereocenters. The van der Waals surface area contributed by atoms with E-state index in [2.05, 4.69) is 146 Å². The first kappa shape index (κ1) is 24.2. The average molecular weight is 536 g/mol. The summed E-state index contributed by atoms with van der Waals surface area (Å²) in [4.78, 5) is 15.3. The van der Waals surface area contributed by atoms with Crippen molar-refractivity contribution in [1.82, 2.24) is 15.0 Å². The van der Waals surface area contributed by atoms with Gasteiger partial charge in [-0.15, -0.1) is 0 Å². The van der Waals surface area contributed by atoms with Crippen LogP contribution < -0.4 is 0 Å². The van der Waals surface area contributed by atoms with E-state index in [4.69, 9.17) is 15.0 Å². The molecule has 42 heavy (non-hydrogen) atoms. The van der Waals surface area contributed by atoms with E-state index >= 15 is 0 Å². The number of fused-ring (bicyclic) bond motifs is 3. The number of hydrogen-bond donors (Lipinski definition) is 0. The Bertz CT molecular complexity index is 2150. The zero-order valence-electron chi connectivity index (χ0n) is 22.8. The highest BCUT2D eigenvalue weighted by atomic mass is 15.0.